The third-order valence-electron chi connectivity index (χ3n) is 1.72. The largest absolute Gasteiger partial charge is 0.381 e. The van der Waals surface area contributed by atoms with E-state index in [1.807, 2.05) is 19.9 Å². The summed E-state index contributed by atoms with van der Waals surface area (Å²) in [6.07, 6.45) is 1.92. The Balaban J connectivity index is 3.50. The Labute approximate surface area is 85.2 Å². The van der Waals surface area contributed by atoms with E-state index in [4.69, 9.17) is 10.00 Å². The van der Waals surface area contributed by atoms with Gasteiger partial charge in [0.1, 0.15) is 6.04 Å². The Hall–Kier alpha value is -1.08. The van der Waals surface area contributed by atoms with Crippen molar-refractivity contribution >= 4 is 5.91 Å². The van der Waals surface area contributed by atoms with Crippen LogP contribution in [0, 0.1) is 11.3 Å². The monoisotopic (exact) mass is 198 g/mol. The van der Waals surface area contributed by atoms with Crippen LogP contribution < -0.4 is 5.32 Å². The zero-order chi connectivity index (χ0) is 10.8. The molecule has 4 heteroatoms. The third-order valence-corrected chi connectivity index (χ3v) is 1.72. The lowest BCUT2D eigenvalue weighted by atomic mass is 10.2. The summed E-state index contributed by atoms with van der Waals surface area (Å²) in [5.74, 6) is -0.116. The van der Waals surface area contributed by atoms with E-state index < -0.39 is 0 Å². The molecule has 0 saturated carbocycles. The summed E-state index contributed by atoms with van der Waals surface area (Å²) in [5, 5.41) is 11.2. The molecule has 0 heterocycles. The number of nitrogens with one attached hydrogen (secondary N) is 1. The Bertz CT molecular complexity index is 199. The summed E-state index contributed by atoms with van der Waals surface area (Å²) in [6, 6.07) is 1.64. The Morgan fingerprint density at radius 2 is 2.21 bits per heavy atom. The lowest BCUT2D eigenvalue weighted by molar-refractivity contribution is -0.122. The minimum absolute atomic E-state index is 0.116. The number of carbonyl (C=O) groups is 1. The van der Waals surface area contributed by atoms with Crippen molar-refractivity contribution in [2.45, 2.75) is 39.2 Å². The first-order valence-electron chi connectivity index (χ1n) is 5.01. The highest BCUT2D eigenvalue weighted by molar-refractivity contribution is 5.76. The average molecular weight is 198 g/mol. The molecule has 0 radical (unpaired) electrons. The van der Waals surface area contributed by atoms with Crippen LogP contribution in [0.1, 0.15) is 33.1 Å². The van der Waals surface area contributed by atoms with Crippen LogP contribution in [0.3, 0.4) is 0 Å². The van der Waals surface area contributed by atoms with Crippen molar-refractivity contribution in [3.05, 3.63) is 0 Å². The van der Waals surface area contributed by atoms with Gasteiger partial charge in [0.15, 0.2) is 0 Å². The van der Waals surface area contributed by atoms with Crippen molar-refractivity contribution < 1.29 is 9.53 Å². The number of ether oxygens (including phenoxy) is 1. The quantitative estimate of drug-likeness (QED) is 0.626. The number of hydrogen-bond acceptors (Lipinski definition) is 3. The van der Waals surface area contributed by atoms with Crippen molar-refractivity contribution in [2.75, 3.05) is 13.2 Å². The number of nitriles is 1. The molecule has 0 saturated heterocycles. The molecule has 0 rings (SSSR count). The van der Waals surface area contributed by atoms with Crippen LogP contribution in [-0.2, 0) is 9.53 Å². The summed E-state index contributed by atoms with van der Waals surface area (Å²) >= 11 is 0. The number of nitrogens with zero attached hydrogens (tertiary/aromatic N) is 1. The van der Waals surface area contributed by atoms with Crippen molar-refractivity contribution in [1.29, 1.82) is 5.26 Å². The molecule has 4 nitrogen and oxygen atoms in total. The minimum atomic E-state index is -0.367. The molecule has 0 bridgehead atoms. The molecular weight excluding hydrogens is 180 g/mol. The Morgan fingerprint density at radius 1 is 1.50 bits per heavy atom. The first-order chi connectivity index (χ1) is 6.74. The van der Waals surface area contributed by atoms with E-state index in [0.717, 1.165) is 6.42 Å². The normalized spacial score (nSPS) is 11.8. The molecule has 0 fully saturated rings. The van der Waals surface area contributed by atoms with Gasteiger partial charge in [-0.15, -0.1) is 0 Å². The van der Waals surface area contributed by atoms with Crippen molar-refractivity contribution in [1.82, 2.24) is 5.32 Å². The van der Waals surface area contributed by atoms with E-state index in [1.165, 1.54) is 0 Å². The summed E-state index contributed by atoms with van der Waals surface area (Å²) in [5.41, 5.74) is 0. The van der Waals surface area contributed by atoms with Crippen LogP contribution in [0.4, 0.5) is 0 Å². The van der Waals surface area contributed by atoms with Crippen LogP contribution in [0.2, 0.25) is 0 Å². The number of hydrogen-bond donors (Lipinski definition) is 1. The van der Waals surface area contributed by atoms with Crippen molar-refractivity contribution in [2.24, 2.45) is 0 Å². The van der Waals surface area contributed by atoms with E-state index in [1.54, 1.807) is 0 Å². The van der Waals surface area contributed by atoms with Crippen LogP contribution in [0.5, 0.6) is 0 Å². The topological polar surface area (TPSA) is 62.1 Å². The first-order valence-corrected chi connectivity index (χ1v) is 5.01. The lowest BCUT2D eigenvalue weighted by Crippen LogP contribution is -2.33. The summed E-state index contributed by atoms with van der Waals surface area (Å²) < 4.78 is 5.16. The van der Waals surface area contributed by atoms with Crippen LogP contribution >= 0.6 is 0 Å². The van der Waals surface area contributed by atoms with E-state index in [0.29, 0.717) is 26.1 Å². The van der Waals surface area contributed by atoms with Gasteiger partial charge >= 0.3 is 0 Å². The van der Waals surface area contributed by atoms with Gasteiger partial charge in [0.05, 0.1) is 12.7 Å². The molecule has 0 aromatic carbocycles. The van der Waals surface area contributed by atoms with Gasteiger partial charge in [0.25, 0.3) is 0 Å². The molecule has 80 valence electrons. The molecule has 0 aliphatic rings. The Morgan fingerprint density at radius 3 is 2.71 bits per heavy atom. The molecule has 14 heavy (non-hydrogen) atoms. The molecular formula is C10H18N2O2. The first kappa shape index (κ1) is 12.9. The fourth-order valence-electron chi connectivity index (χ4n) is 0.903. The van der Waals surface area contributed by atoms with Gasteiger partial charge in [-0.2, -0.15) is 5.26 Å². The maximum atomic E-state index is 11.2. The molecule has 1 unspecified atom stereocenters. The number of carbonyl (C=O) groups excluding carboxylic acids is 1. The summed E-state index contributed by atoms with van der Waals surface area (Å²) in [6.45, 7) is 4.99. The van der Waals surface area contributed by atoms with Gasteiger partial charge in [-0.25, -0.2) is 0 Å². The molecule has 1 amide bonds. The zero-order valence-electron chi connectivity index (χ0n) is 8.88. The molecule has 1 N–H and O–H groups in total. The van der Waals surface area contributed by atoms with Crippen LogP contribution in [-0.4, -0.2) is 25.2 Å². The second-order valence-corrected chi connectivity index (χ2v) is 3.02. The highest BCUT2D eigenvalue weighted by atomic mass is 16.5. The molecule has 0 aliphatic carbocycles. The van der Waals surface area contributed by atoms with E-state index in [9.17, 15) is 4.79 Å². The minimum Gasteiger partial charge on any atom is -0.381 e. The number of amides is 1. The predicted octanol–water partition coefficient (Wildman–Crippen LogP) is 1.22. The van der Waals surface area contributed by atoms with Gasteiger partial charge < -0.3 is 10.1 Å². The van der Waals surface area contributed by atoms with Crippen molar-refractivity contribution in [3.63, 3.8) is 0 Å². The van der Waals surface area contributed by atoms with E-state index in [2.05, 4.69) is 5.32 Å². The van der Waals surface area contributed by atoms with Crippen LogP contribution in [0.15, 0.2) is 0 Å². The van der Waals surface area contributed by atoms with Gasteiger partial charge in [0.2, 0.25) is 5.91 Å². The summed E-state index contributed by atoms with van der Waals surface area (Å²) in [7, 11) is 0. The smallest absolute Gasteiger partial charge is 0.223 e. The van der Waals surface area contributed by atoms with Gasteiger partial charge in [-0.1, -0.05) is 13.8 Å². The zero-order valence-corrected chi connectivity index (χ0v) is 8.88. The fourth-order valence-corrected chi connectivity index (χ4v) is 0.903. The average Bonchev–Trinajstić information content (AvgIpc) is 2.21. The second kappa shape index (κ2) is 8.52. The molecule has 0 aromatic rings. The third kappa shape index (κ3) is 6.44. The number of rotatable bonds is 7. The van der Waals surface area contributed by atoms with Gasteiger partial charge in [0, 0.05) is 13.0 Å². The molecule has 0 spiro atoms. The lowest BCUT2D eigenvalue weighted by Gasteiger charge is -2.08. The van der Waals surface area contributed by atoms with Crippen LogP contribution in [0.25, 0.3) is 0 Å². The van der Waals surface area contributed by atoms with Gasteiger partial charge in [-0.3, -0.25) is 4.79 Å². The highest BCUT2D eigenvalue weighted by Gasteiger charge is 2.07. The SMILES string of the molecule is CCCOCCC(=O)NC(C#N)CC. The van der Waals surface area contributed by atoms with E-state index in [-0.39, 0.29) is 11.9 Å². The standard InChI is InChI=1S/C10H18N2O2/c1-3-6-14-7-5-10(13)12-9(4-2)8-11/h9H,3-7H2,1-2H3,(H,12,13). The summed E-state index contributed by atoms with van der Waals surface area (Å²) in [4.78, 5) is 11.2. The maximum Gasteiger partial charge on any atom is 0.223 e. The molecule has 1 atom stereocenters. The fraction of sp³-hybridized carbons (Fsp3) is 0.800. The second-order valence-electron chi connectivity index (χ2n) is 3.02. The Kier molecular flexibility index (Phi) is 7.86. The van der Waals surface area contributed by atoms with Gasteiger partial charge in [-0.05, 0) is 12.8 Å². The maximum absolute atomic E-state index is 11.2. The van der Waals surface area contributed by atoms with E-state index >= 15 is 0 Å². The van der Waals surface area contributed by atoms with Crippen molar-refractivity contribution in [3.8, 4) is 6.07 Å². The predicted molar refractivity (Wildman–Crippen MR) is 53.6 cm³/mol. The molecule has 0 aliphatic heterocycles. The molecule has 0 aromatic heterocycles. The highest BCUT2D eigenvalue weighted by Crippen LogP contribution is 1.91.